The van der Waals surface area contributed by atoms with Gasteiger partial charge in [0.1, 0.15) is 6.26 Å². The Hall–Kier alpha value is -4.71. The molecule has 4 aromatic carbocycles. The Morgan fingerprint density at radius 3 is 1.36 bits per heavy atom. The molecule has 160 valence electrons. The van der Waals surface area contributed by atoms with Gasteiger partial charge in [-0.1, -0.05) is 53.7 Å². The van der Waals surface area contributed by atoms with Gasteiger partial charge in [-0.2, -0.15) is 0 Å². The lowest BCUT2D eigenvalue weighted by atomic mass is 10.2. The van der Waals surface area contributed by atoms with E-state index < -0.39 is 0 Å². The second-order valence-electron chi connectivity index (χ2n) is 7.11. The highest BCUT2D eigenvalue weighted by molar-refractivity contribution is 5.85. The van der Waals surface area contributed by atoms with Gasteiger partial charge in [0.25, 0.3) is 0 Å². The molecule has 0 atom stereocenters. The normalized spacial score (nSPS) is 10.9. The second kappa shape index (κ2) is 9.62. The third-order valence-electron chi connectivity index (χ3n) is 4.86. The first-order valence-corrected chi connectivity index (χ1v) is 10.5. The summed E-state index contributed by atoms with van der Waals surface area (Å²) in [6.45, 7) is 0. The molecule has 3 heterocycles. The number of hydrogen-bond donors (Lipinski definition) is 1. The zero-order valence-electron chi connectivity index (χ0n) is 17.6. The molecule has 0 radical (unpaired) electrons. The van der Waals surface area contributed by atoms with Gasteiger partial charge in [0.15, 0.2) is 11.5 Å². The minimum Gasteiger partial charge on any atom is -0.453 e. The molecular formula is C27H20N4O2. The number of ether oxygens (including phenoxy) is 1. The van der Waals surface area contributed by atoms with Crippen LogP contribution in [0.15, 0.2) is 120 Å². The summed E-state index contributed by atoms with van der Waals surface area (Å²) in [5.74, 6) is 1.76. The van der Waals surface area contributed by atoms with Gasteiger partial charge in [0, 0.05) is 0 Å². The molecule has 0 amide bonds. The first-order chi connectivity index (χ1) is 16.4. The Labute approximate surface area is 190 Å². The number of hydrogen-bond acceptors (Lipinski definition) is 6. The number of anilines is 2. The molecule has 7 rings (SSSR count). The molecule has 2 aromatic heterocycles. The van der Waals surface area contributed by atoms with Gasteiger partial charge in [0.05, 0.1) is 39.6 Å². The highest BCUT2D eigenvalue weighted by Gasteiger charge is 2.13. The molecule has 0 fully saturated rings. The van der Waals surface area contributed by atoms with Gasteiger partial charge in [-0.3, -0.25) is 0 Å². The Balaban J connectivity index is 0.000000115. The van der Waals surface area contributed by atoms with Crippen LogP contribution >= 0.6 is 0 Å². The molecule has 6 nitrogen and oxygen atoms in total. The summed E-state index contributed by atoms with van der Waals surface area (Å²) in [7, 11) is 0. The van der Waals surface area contributed by atoms with Crippen LogP contribution in [0.1, 0.15) is 0 Å². The van der Waals surface area contributed by atoms with Crippen LogP contribution in [0, 0.1) is 0 Å². The van der Waals surface area contributed by atoms with Crippen LogP contribution in [0.5, 0.6) is 11.5 Å². The highest BCUT2D eigenvalue weighted by atomic mass is 16.5. The maximum absolute atomic E-state index is 5.71. The number of fused-ring (bicyclic) bond motifs is 4. The van der Waals surface area contributed by atoms with Crippen molar-refractivity contribution in [1.82, 2.24) is 15.1 Å². The zero-order chi connectivity index (χ0) is 22.3. The number of nitrogens with one attached hydrogen (secondary N) is 1. The quantitative estimate of drug-likeness (QED) is 0.260. The molecule has 0 aliphatic carbocycles. The number of aromatic nitrogens is 3. The molecule has 6 heteroatoms. The van der Waals surface area contributed by atoms with Crippen molar-refractivity contribution in [3.05, 3.63) is 116 Å². The van der Waals surface area contributed by atoms with E-state index in [1.165, 1.54) is 6.26 Å². The number of nitrogens with zero attached hydrogens (tertiary/aromatic N) is 3. The molecule has 0 spiro atoms. The number of para-hydroxylation sites is 8. The van der Waals surface area contributed by atoms with Crippen molar-refractivity contribution in [3.63, 3.8) is 0 Å². The number of rotatable bonds is 0. The summed E-state index contributed by atoms with van der Waals surface area (Å²) < 4.78 is 10.0. The Kier molecular flexibility index (Phi) is 5.89. The second-order valence-corrected chi connectivity index (χ2v) is 7.11. The average Bonchev–Trinajstić information content (AvgIpc) is 3.47. The van der Waals surface area contributed by atoms with E-state index in [0.29, 0.717) is 0 Å². The lowest BCUT2D eigenvalue weighted by molar-refractivity contribution is 0.420. The van der Waals surface area contributed by atoms with Gasteiger partial charge < -0.3 is 14.6 Å². The van der Waals surface area contributed by atoms with Crippen LogP contribution < -0.4 is 10.1 Å². The minimum atomic E-state index is 0.881. The van der Waals surface area contributed by atoms with Gasteiger partial charge in [-0.25, -0.2) is 9.97 Å². The highest BCUT2D eigenvalue weighted by Crippen LogP contribution is 2.40. The van der Waals surface area contributed by atoms with Crippen LogP contribution in [-0.2, 0) is 0 Å². The van der Waals surface area contributed by atoms with Crippen molar-refractivity contribution >= 4 is 33.4 Å². The molecule has 0 bridgehead atoms. The Morgan fingerprint density at radius 2 is 0.970 bits per heavy atom. The average molecular weight is 432 g/mol. The third-order valence-corrected chi connectivity index (χ3v) is 4.86. The topological polar surface area (TPSA) is 73.1 Å². The predicted molar refractivity (Wildman–Crippen MR) is 130 cm³/mol. The van der Waals surface area contributed by atoms with Crippen molar-refractivity contribution in [3.8, 4) is 11.5 Å². The van der Waals surface area contributed by atoms with Crippen LogP contribution in [-0.4, -0.2) is 15.1 Å². The molecule has 0 unspecified atom stereocenters. The smallest absolute Gasteiger partial charge is 0.150 e. The summed E-state index contributed by atoms with van der Waals surface area (Å²) in [5, 5.41) is 6.66. The van der Waals surface area contributed by atoms with Crippen LogP contribution in [0.4, 0.5) is 11.4 Å². The minimum absolute atomic E-state index is 0.881. The number of benzene rings is 4. The van der Waals surface area contributed by atoms with E-state index >= 15 is 0 Å². The summed E-state index contributed by atoms with van der Waals surface area (Å²) in [6, 6.07) is 33.4. The molecule has 1 aliphatic heterocycles. The molecule has 0 saturated heterocycles. The van der Waals surface area contributed by atoms with Gasteiger partial charge in [-0.05, 0) is 54.6 Å². The first-order valence-electron chi connectivity index (χ1n) is 10.5. The maximum Gasteiger partial charge on any atom is 0.150 e. The first kappa shape index (κ1) is 20.2. The van der Waals surface area contributed by atoms with E-state index in [1.807, 2.05) is 97.1 Å². The SMILES string of the molecule is c1ccc2c(c1)Nc1ccccc1O2.c1ccc2nc3ccccc3nc2c1.c1cnoc1. The predicted octanol–water partition coefficient (Wildman–Crippen LogP) is 6.99. The van der Waals surface area contributed by atoms with Gasteiger partial charge in [-0.15, -0.1) is 0 Å². The van der Waals surface area contributed by atoms with E-state index in [4.69, 9.17) is 4.74 Å². The molecular weight excluding hydrogens is 412 g/mol. The summed E-state index contributed by atoms with van der Waals surface area (Å²) in [6.07, 6.45) is 3.10. The molecule has 1 aliphatic rings. The molecule has 33 heavy (non-hydrogen) atoms. The lowest BCUT2D eigenvalue weighted by Crippen LogP contribution is -2.01. The molecule has 1 N–H and O–H groups in total. The largest absolute Gasteiger partial charge is 0.453 e. The lowest BCUT2D eigenvalue weighted by Gasteiger charge is -2.20. The maximum atomic E-state index is 5.71. The van der Waals surface area contributed by atoms with Crippen molar-refractivity contribution in [2.45, 2.75) is 0 Å². The van der Waals surface area contributed by atoms with Gasteiger partial charge >= 0.3 is 0 Å². The zero-order valence-corrected chi connectivity index (χ0v) is 17.6. The van der Waals surface area contributed by atoms with Gasteiger partial charge in [0.2, 0.25) is 0 Å². The van der Waals surface area contributed by atoms with Crippen molar-refractivity contribution < 1.29 is 9.26 Å². The monoisotopic (exact) mass is 432 g/mol. The van der Waals surface area contributed by atoms with E-state index in [1.54, 1.807) is 12.3 Å². The van der Waals surface area contributed by atoms with Crippen molar-refractivity contribution in [2.24, 2.45) is 0 Å². The summed E-state index contributed by atoms with van der Waals surface area (Å²) >= 11 is 0. The third kappa shape index (κ3) is 4.80. The Morgan fingerprint density at radius 1 is 0.515 bits per heavy atom. The van der Waals surface area contributed by atoms with Crippen LogP contribution in [0.25, 0.3) is 22.1 Å². The van der Waals surface area contributed by atoms with E-state index in [-0.39, 0.29) is 0 Å². The molecule has 0 saturated carbocycles. The van der Waals surface area contributed by atoms with E-state index in [0.717, 1.165) is 44.9 Å². The summed E-state index contributed by atoms with van der Waals surface area (Å²) in [5.41, 5.74) is 5.84. The van der Waals surface area contributed by atoms with Crippen LogP contribution in [0.3, 0.4) is 0 Å². The summed E-state index contributed by atoms with van der Waals surface area (Å²) in [4.78, 5) is 9.03. The fourth-order valence-corrected chi connectivity index (χ4v) is 3.32. The fraction of sp³-hybridized carbons (Fsp3) is 0. The van der Waals surface area contributed by atoms with Crippen LogP contribution in [0.2, 0.25) is 0 Å². The standard InChI is InChI=1S/C12H8N2.C12H9NO.C3H3NO/c1-2-6-10-9(5-1)13-11-7-3-4-8-12(11)14-10;1-3-7-11-9(5-1)13-10-6-2-4-8-12(10)14-11;1-2-4-5-3-1/h1-8H;1-8,13H;1-3H. The van der Waals surface area contributed by atoms with Crippen molar-refractivity contribution in [2.75, 3.05) is 5.32 Å². The fourth-order valence-electron chi connectivity index (χ4n) is 3.32. The van der Waals surface area contributed by atoms with E-state index in [9.17, 15) is 0 Å². The molecule has 6 aromatic rings. The van der Waals surface area contributed by atoms with E-state index in [2.05, 4.69) is 25.0 Å². The Bertz CT molecular complexity index is 1270. The van der Waals surface area contributed by atoms with Crippen molar-refractivity contribution in [1.29, 1.82) is 0 Å².